The fraction of sp³-hybridized carbons (Fsp3) is 0.0588. The highest BCUT2D eigenvalue weighted by Gasteiger charge is 2.18. The van der Waals surface area contributed by atoms with E-state index in [2.05, 4.69) is 10.3 Å². The summed E-state index contributed by atoms with van der Waals surface area (Å²) in [7, 11) is 0. The van der Waals surface area contributed by atoms with E-state index in [1.807, 2.05) is 6.26 Å². The highest BCUT2D eigenvalue weighted by molar-refractivity contribution is 7.98. The number of nitrogens with zero attached hydrogens (tertiary/aromatic N) is 2. The Labute approximate surface area is 141 Å². The molecule has 1 N–H and O–H groups in total. The van der Waals surface area contributed by atoms with Crippen molar-refractivity contribution in [1.82, 2.24) is 9.55 Å². The Kier molecular flexibility index (Phi) is 4.61. The highest BCUT2D eigenvalue weighted by Crippen LogP contribution is 2.23. The minimum atomic E-state index is -0.390. The average molecular weight is 345 g/mol. The molecule has 0 radical (unpaired) electrons. The quantitative estimate of drug-likeness (QED) is 0.724. The van der Waals surface area contributed by atoms with Crippen LogP contribution in [0.4, 0.5) is 14.5 Å². The zero-order valence-corrected chi connectivity index (χ0v) is 13.5. The van der Waals surface area contributed by atoms with Gasteiger partial charge in [0, 0.05) is 11.4 Å². The second-order valence-electron chi connectivity index (χ2n) is 4.90. The predicted molar refractivity (Wildman–Crippen MR) is 89.7 cm³/mol. The third kappa shape index (κ3) is 3.30. The standard InChI is InChI=1S/C17H13F2N3OS/c1-24-17-20-10-15(22(17)14-8-4-12(19)5-9-14)16(23)21-13-6-2-11(18)3-7-13/h2-10H,1H3,(H,21,23). The second kappa shape index (κ2) is 6.84. The molecule has 24 heavy (non-hydrogen) atoms. The van der Waals surface area contributed by atoms with Crippen LogP contribution in [-0.2, 0) is 0 Å². The van der Waals surface area contributed by atoms with Crippen molar-refractivity contribution in [1.29, 1.82) is 0 Å². The molecular weight excluding hydrogens is 332 g/mol. The van der Waals surface area contributed by atoms with Crippen LogP contribution in [0.2, 0.25) is 0 Å². The van der Waals surface area contributed by atoms with Gasteiger partial charge in [0.05, 0.1) is 6.20 Å². The fourth-order valence-electron chi connectivity index (χ4n) is 2.21. The predicted octanol–water partition coefficient (Wildman–Crippen LogP) is 4.12. The molecule has 4 nitrogen and oxygen atoms in total. The molecule has 0 aliphatic heterocycles. The van der Waals surface area contributed by atoms with Gasteiger partial charge in [-0.3, -0.25) is 9.36 Å². The lowest BCUT2D eigenvalue weighted by molar-refractivity contribution is 0.102. The molecule has 0 atom stereocenters. The van der Waals surface area contributed by atoms with Crippen molar-refractivity contribution in [3.05, 3.63) is 72.1 Å². The molecule has 0 bridgehead atoms. The van der Waals surface area contributed by atoms with E-state index in [0.717, 1.165) is 0 Å². The number of hydrogen-bond acceptors (Lipinski definition) is 3. The average Bonchev–Trinajstić information content (AvgIpc) is 3.02. The number of carbonyl (C=O) groups excluding carboxylic acids is 1. The van der Waals surface area contributed by atoms with Crippen LogP contribution in [0.15, 0.2) is 59.9 Å². The Hall–Kier alpha value is -2.67. The van der Waals surface area contributed by atoms with Gasteiger partial charge in [-0.15, -0.1) is 0 Å². The number of amides is 1. The first-order chi connectivity index (χ1) is 11.6. The maximum atomic E-state index is 13.1. The summed E-state index contributed by atoms with van der Waals surface area (Å²) in [5.74, 6) is -1.13. The molecule has 2 aromatic carbocycles. The van der Waals surface area contributed by atoms with Crippen LogP contribution in [0.25, 0.3) is 5.69 Å². The van der Waals surface area contributed by atoms with Crippen molar-refractivity contribution in [2.45, 2.75) is 5.16 Å². The van der Waals surface area contributed by atoms with Gasteiger partial charge in [0.25, 0.3) is 5.91 Å². The van der Waals surface area contributed by atoms with E-state index in [1.165, 1.54) is 54.4 Å². The first-order valence-corrected chi connectivity index (χ1v) is 8.25. The van der Waals surface area contributed by atoms with Gasteiger partial charge in [-0.2, -0.15) is 0 Å². The van der Waals surface area contributed by atoms with Crippen molar-refractivity contribution in [2.75, 3.05) is 11.6 Å². The number of hydrogen-bond donors (Lipinski definition) is 1. The molecule has 0 fully saturated rings. The van der Waals surface area contributed by atoms with E-state index in [0.29, 0.717) is 22.2 Å². The van der Waals surface area contributed by atoms with Crippen LogP contribution in [0.3, 0.4) is 0 Å². The van der Waals surface area contributed by atoms with E-state index in [1.54, 1.807) is 16.7 Å². The number of imidazole rings is 1. The molecule has 3 aromatic rings. The molecule has 0 aliphatic rings. The largest absolute Gasteiger partial charge is 0.321 e. The van der Waals surface area contributed by atoms with Gasteiger partial charge in [0.15, 0.2) is 5.16 Å². The maximum Gasteiger partial charge on any atom is 0.274 e. The number of carbonyl (C=O) groups is 1. The summed E-state index contributed by atoms with van der Waals surface area (Å²) in [6.07, 6.45) is 3.29. The van der Waals surface area contributed by atoms with Crippen molar-refractivity contribution in [2.24, 2.45) is 0 Å². The summed E-state index contributed by atoms with van der Waals surface area (Å²) < 4.78 is 27.7. The van der Waals surface area contributed by atoms with Gasteiger partial charge >= 0.3 is 0 Å². The van der Waals surface area contributed by atoms with E-state index < -0.39 is 5.91 Å². The molecule has 0 unspecified atom stereocenters. The summed E-state index contributed by atoms with van der Waals surface area (Å²) in [4.78, 5) is 16.8. The van der Waals surface area contributed by atoms with Gasteiger partial charge in [0.2, 0.25) is 0 Å². The van der Waals surface area contributed by atoms with Crippen molar-refractivity contribution >= 4 is 23.4 Å². The monoisotopic (exact) mass is 345 g/mol. The van der Waals surface area contributed by atoms with Gasteiger partial charge in [-0.25, -0.2) is 13.8 Å². The SMILES string of the molecule is CSc1ncc(C(=O)Nc2ccc(F)cc2)n1-c1ccc(F)cc1. The zero-order valence-electron chi connectivity index (χ0n) is 12.7. The zero-order chi connectivity index (χ0) is 17.1. The topological polar surface area (TPSA) is 46.9 Å². The number of benzene rings is 2. The molecule has 0 aliphatic carbocycles. The van der Waals surface area contributed by atoms with Gasteiger partial charge in [-0.1, -0.05) is 11.8 Å². The van der Waals surface area contributed by atoms with Crippen LogP contribution >= 0.6 is 11.8 Å². The van der Waals surface area contributed by atoms with Gasteiger partial charge in [0.1, 0.15) is 17.3 Å². The molecule has 1 aromatic heterocycles. The van der Waals surface area contributed by atoms with Crippen LogP contribution in [-0.4, -0.2) is 21.7 Å². The summed E-state index contributed by atoms with van der Waals surface area (Å²) in [6.45, 7) is 0. The third-order valence-electron chi connectivity index (χ3n) is 3.33. The van der Waals surface area contributed by atoms with Gasteiger partial charge in [-0.05, 0) is 54.8 Å². The lowest BCUT2D eigenvalue weighted by atomic mass is 10.3. The van der Waals surface area contributed by atoms with Crippen LogP contribution < -0.4 is 5.32 Å². The molecule has 0 saturated heterocycles. The fourth-order valence-corrected chi connectivity index (χ4v) is 2.75. The Morgan fingerprint density at radius 1 is 1.04 bits per heavy atom. The van der Waals surface area contributed by atoms with E-state index >= 15 is 0 Å². The Bertz CT molecular complexity index is 861. The van der Waals surface area contributed by atoms with Crippen molar-refractivity contribution < 1.29 is 13.6 Å². The highest BCUT2D eigenvalue weighted by atomic mass is 32.2. The Morgan fingerprint density at radius 2 is 1.62 bits per heavy atom. The number of nitrogens with one attached hydrogen (secondary N) is 1. The normalized spacial score (nSPS) is 10.6. The summed E-state index contributed by atoms with van der Waals surface area (Å²) in [6, 6.07) is 11.3. The maximum absolute atomic E-state index is 13.1. The van der Waals surface area contributed by atoms with E-state index in [-0.39, 0.29) is 11.6 Å². The van der Waals surface area contributed by atoms with Crippen LogP contribution in [0, 0.1) is 11.6 Å². The summed E-state index contributed by atoms with van der Waals surface area (Å²) >= 11 is 1.37. The Balaban J connectivity index is 1.95. The minimum Gasteiger partial charge on any atom is -0.321 e. The number of halogens is 2. The second-order valence-corrected chi connectivity index (χ2v) is 5.68. The van der Waals surface area contributed by atoms with Crippen LogP contribution in [0.1, 0.15) is 10.5 Å². The smallest absolute Gasteiger partial charge is 0.274 e. The lowest BCUT2D eigenvalue weighted by Gasteiger charge is -2.11. The molecule has 1 amide bonds. The van der Waals surface area contributed by atoms with Crippen molar-refractivity contribution in [3.8, 4) is 5.69 Å². The minimum absolute atomic E-state index is 0.301. The first-order valence-electron chi connectivity index (χ1n) is 7.03. The van der Waals surface area contributed by atoms with E-state index in [9.17, 15) is 13.6 Å². The number of anilines is 1. The first kappa shape index (κ1) is 16.2. The molecule has 0 spiro atoms. The molecule has 0 saturated carbocycles. The number of thioether (sulfide) groups is 1. The van der Waals surface area contributed by atoms with Crippen molar-refractivity contribution in [3.63, 3.8) is 0 Å². The summed E-state index contributed by atoms with van der Waals surface area (Å²) in [5.41, 5.74) is 1.40. The van der Waals surface area contributed by atoms with Crippen LogP contribution in [0.5, 0.6) is 0 Å². The molecule has 1 heterocycles. The summed E-state index contributed by atoms with van der Waals surface area (Å²) in [5, 5.41) is 3.30. The molecule has 7 heteroatoms. The lowest BCUT2D eigenvalue weighted by Crippen LogP contribution is -2.16. The Morgan fingerprint density at radius 3 is 2.21 bits per heavy atom. The molecular formula is C17H13F2N3OS. The number of rotatable bonds is 4. The third-order valence-corrected chi connectivity index (χ3v) is 3.98. The molecule has 122 valence electrons. The van der Waals surface area contributed by atoms with Gasteiger partial charge < -0.3 is 5.32 Å². The molecule has 3 rings (SSSR count). The number of aromatic nitrogens is 2. The van der Waals surface area contributed by atoms with E-state index in [4.69, 9.17) is 0 Å².